The Labute approximate surface area is 127 Å². The molecule has 0 saturated carbocycles. The van der Waals surface area contributed by atoms with Crippen LogP contribution in [0, 0.1) is 0 Å². The van der Waals surface area contributed by atoms with Crippen molar-refractivity contribution in [2.45, 2.75) is 46.6 Å². The molecule has 0 bridgehead atoms. The third-order valence-electron chi connectivity index (χ3n) is 3.42. The highest BCUT2D eigenvalue weighted by Crippen LogP contribution is 2.30. The molecule has 0 saturated heterocycles. The second-order valence-electron chi connectivity index (χ2n) is 5.91. The van der Waals surface area contributed by atoms with Crippen molar-refractivity contribution in [3.63, 3.8) is 0 Å². The van der Waals surface area contributed by atoms with Gasteiger partial charge in [0.25, 0.3) is 10.0 Å². The van der Waals surface area contributed by atoms with Gasteiger partial charge in [-0.25, -0.2) is 8.42 Å². The Morgan fingerprint density at radius 1 is 1.05 bits per heavy atom. The fourth-order valence-electron chi connectivity index (χ4n) is 2.34. The number of benzene rings is 1. The Bertz CT molecular complexity index is 696. The highest BCUT2D eigenvalue weighted by molar-refractivity contribution is 8.00. The van der Waals surface area contributed by atoms with Gasteiger partial charge in [0.05, 0.1) is 0 Å². The lowest BCUT2D eigenvalue weighted by Gasteiger charge is -2.07. The summed E-state index contributed by atoms with van der Waals surface area (Å²) >= 11 is 0. The summed E-state index contributed by atoms with van der Waals surface area (Å²) in [4.78, 5) is 4.67. The maximum absolute atomic E-state index is 12.3. The highest BCUT2D eigenvalue weighted by Gasteiger charge is 2.32. The number of nitrogens with one attached hydrogen (secondary N) is 1. The van der Waals surface area contributed by atoms with Crippen molar-refractivity contribution in [1.29, 1.82) is 0 Å². The molecule has 114 valence electrons. The minimum absolute atomic E-state index is 0.0420. The zero-order chi connectivity index (χ0) is 15.8. The summed E-state index contributed by atoms with van der Waals surface area (Å²) in [6.07, 6.45) is 0. The van der Waals surface area contributed by atoms with E-state index in [1.165, 1.54) is 5.56 Å². The molecule has 0 aliphatic carbocycles. The van der Waals surface area contributed by atoms with Crippen molar-refractivity contribution in [2.24, 2.45) is 4.99 Å². The second kappa shape index (κ2) is 5.64. The first-order chi connectivity index (χ1) is 9.72. The maximum atomic E-state index is 12.3. The average molecular weight is 306 g/mol. The van der Waals surface area contributed by atoms with Crippen molar-refractivity contribution in [1.82, 2.24) is 4.72 Å². The summed E-state index contributed by atoms with van der Waals surface area (Å²) in [5.74, 6) is 0.874. The van der Waals surface area contributed by atoms with E-state index in [1.807, 2.05) is 38.1 Å². The first-order valence-corrected chi connectivity index (χ1v) is 8.63. The molecular weight excluding hydrogens is 284 g/mol. The second-order valence-corrected chi connectivity index (χ2v) is 7.53. The van der Waals surface area contributed by atoms with E-state index in [9.17, 15) is 8.42 Å². The lowest BCUT2D eigenvalue weighted by atomic mass is 10.0. The molecule has 0 aromatic heterocycles. The smallest absolute Gasteiger partial charge is 0.264 e. The molecule has 4 nitrogen and oxygen atoms in total. The maximum Gasteiger partial charge on any atom is 0.264 e. The van der Waals surface area contributed by atoms with Crippen LogP contribution in [-0.2, 0) is 10.0 Å². The third kappa shape index (κ3) is 3.18. The molecule has 0 spiro atoms. The van der Waals surface area contributed by atoms with Gasteiger partial charge in [0.1, 0.15) is 10.7 Å². The number of nitrogens with zero attached hydrogens (tertiary/aromatic N) is 1. The molecule has 21 heavy (non-hydrogen) atoms. The van der Waals surface area contributed by atoms with Crippen LogP contribution in [0.5, 0.6) is 0 Å². The fraction of sp³-hybridized carbons (Fsp3) is 0.438. The number of hydrogen-bond donors (Lipinski definition) is 1. The van der Waals surface area contributed by atoms with Crippen LogP contribution in [0.15, 0.2) is 34.8 Å². The molecule has 1 aliphatic heterocycles. The largest absolute Gasteiger partial charge is 0.265 e. The van der Waals surface area contributed by atoms with Crippen molar-refractivity contribution in [3.8, 4) is 0 Å². The molecule has 1 aliphatic rings. The Hall–Kier alpha value is -1.62. The molecule has 0 radical (unpaired) electrons. The Morgan fingerprint density at radius 2 is 1.62 bits per heavy atom. The third-order valence-corrected chi connectivity index (χ3v) is 4.96. The Morgan fingerprint density at radius 3 is 2.10 bits per heavy atom. The highest BCUT2D eigenvalue weighted by atomic mass is 32.2. The van der Waals surface area contributed by atoms with E-state index in [4.69, 9.17) is 0 Å². The molecule has 1 aromatic rings. The van der Waals surface area contributed by atoms with E-state index in [2.05, 4.69) is 23.6 Å². The molecule has 5 heteroatoms. The van der Waals surface area contributed by atoms with Gasteiger partial charge in [-0.1, -0.05) is 38.1 Å². The first-order valence-electron chi connectivity index (χ1n) is 7.14. The van der Waals surface area contributed by atoms with Gasteiger partial charge >= 0.3 is 0 Å². The minimum Gasteiger partial charge on any atom is -0.265 e. The van der Waals surface area contributed by atoms with Gasteiger partial charge in [0.15, 0.2) is 0 Å². The molecule has 0 atom stereocenters. The van der Waals surface area contributed by atoms with E-state index in [1.54, 1.807) is 6.92 Å². The summed E-state index contributed by atoms with van der Waals surface area (Å²) in [7, 11) is -3.52. The zero-order valence-electron chi connectivity index (χ0n) is 13.1. The van der Waals surface area contributed by atoms with Gasteiger partial charge in [-0.05, 0) is 37.8 Å². The van der Waals surface area contributed by atoms with E-state index in [-0.39, 0.29) is 6.04 Å². The fourth-order valence-corrected chi connectivity index (χ4v) is 3.84. The first kappa shape index (κ1) is 15.8. The molecule has 1 N–H and O–H groups in total. The SMILES string of the molecule is CC1=C(c2ccc(C(C)C)cc2)S(=O)(=O)NC1=NC(C)C. The summed E-state index contributed by atoms with van der Waals surface area (Å²) in [6, 6.07) is 7.73. The monoisotopic (exact) mass is 306 g/mol. The molecular formula is C16H22N2O2S. The van der Waals surface area contributed by atoms with Crippen molar-refractivity contribution in [3.05, 3.63) is 41.0 Å². The number of sulfonamides is 1. The molecule has 2 rings (SSSR count). The lowest BCUT2D eigenvalue weighted by Crippen LogP contribution is -2.24. The van der Waals surface area contributed by atoms with Crippen LogP contribution in [0.1, 0.15) is 51.7 Å². The van der Waals surface area contributed by atoms with E-state index >= 15 is 0 Å². The predicted molar refractivity (Wildman–Crippen MR) is 87.8 cm³/mol. The van der Waals surface area contributed by atoms with Gasteiger partial charge in [0.2, 0.25) is 0 Å². The molecule has 1 aromatic carbocycles. The normalized spacial score (nSPS) is 19.7. The van der Waals surface area contributed by atoms with E-state index in [0.29, 0.717) is 27.8 Å². The van der Waals surface area contributed by atoms with Crippen LogP contribution in [0.4, 0.5) is 0 Å². The summed E-state index contributed by atoms with van der Waals surface area (Å²) < 4.78 is 27.2. The number of amidine groups is 1. The molecule has 0 unspecified atom stereocenters. The Balaban J connectivity index is 2.52. The number of rotatable bonds is 3. The van der Waals surface area contributed by atoms with Gasteiger partial charge in [-0.15, -0.1) is 0 Å². The predicted octanol–water partition coefficient (Wildman–Crippen LogP) is 3.28. The zero-order valence-corrected chi connectivity index (χ0v) is 14.0. The lowest BCUT2D eigenvalue weighted by molar-refractivity contribution is 0.603. The number of aliphatic imine (C=N–C) groups is 1. The minimum atomic E-state index is -3.52. The average Bonchev–Trinajstić information content (AvgIpc) is 2.58. The van der Waals surface area contributed by atoms with Gasteiger partial charge < -0.3 is 0 Å². The molecule has 0 amide bonds. The van der Waals surface area contributed by atoms with Crippen LogP contribution in [-0.4, -0.2) is 20.3 Å². The summed E-state index contributed by atoms with van der Waals surface area (Å²) in [5, 5.41) is 0. The van der Waals surface area contributed by atoms with Gasteiger partial charge in [0, 0.05) is 11.6 Å². The van der Waals surface area contributed by atoms with Gasteiger partial charge in [-0.3, -0.25) is 9.71 Å². The van der Waals surface area contributed by atoms with Crippen LogP contribution in [0.25, 0.3) is 4.91 Å². The van der Waals surface area contributed by atoms with Crippen molar-refractivity contribution in [2.75, 3.05) is 0 Å². The van der Waals surface area contributed by atoms with Crippen LogP contribution >= 0.6 is 0 Å². The van der Waals surface area contributed by atoms with Crippen molar-refractivity contribution < 1.29 is 8.42 Å². The van der Waals surface area contributed by atoms with Crippen LogP contribution in [0.2, 0.25) is 0 Å². The van der Waals surface area contributed by atoms with Crippen LogP contribution in [0.3, 0.4) is 0 Å². The van der Waals surface area contributed by atoms with Crippen LogP contribution < -0.4 is 4.72 Å². The van der Waals surface area contributed by atoms with E-state index in [0.717, 1.165) is 0 Å². The summed E-state index contributed by atoms with van der Waals surface area (Å²) in [6.45, 7) is 9.86. The van der Waals surface area contributed by atoms with E-state index < -0.39 is 10.0 Å². The number of hydrogen-bond acceptors (Lipinski definition) is 3. The quantitative estimate of drug-likeness (QED) is 0.931. The molecule has 0 fully saturated rings. The topological polar surface area (TPSA) is 58.5 Å². The standard InChI is InChI=1S/C16H22N2O2S/c1-10(2)13-6-8-14(9-7-13)15-12(5)16(17-11(3)4)18-21(15,19)20/h6-11H,1-5H3,(H,17,18). The Kier molecular flexibility index (Phi) is 4.23. The molecule has 1 heterocycles. The van der Waals surface area contributed by atoms with Gasteiger partial charge in [-0.2, -0.15) is 0 Å². The van der Waals surface area contributed by atoms with Crippen molar-refractivity contribution >= 4 is 20.8 Å². The summed E-state index contributed by atoms with van der Waals surface area (Å²) in [5.41, 5.74) is 2.58.